The minimum Gasteiger partial charge on any atom is -0.320 e. The van der Waals surface area contributed by atoms with Crippen molar-refractivity contribution < 1.29 is 13.2 Å². The lowest BCUT2D eigenvalue weighted by atomic mass is 9.91. The predicted molar refractivity (Wildman–Crippen MR) is 73.3 cm³/mol. The van der Waals surface area contributed by atoms with Gasteiger partial charge in [0.2, 0.25) is 0 Å². The molecule has 0 bridgehead atoms. The Balaban J connectivity index is 2.57. The van der Waals surface area contributed by atoms with Crippen molar-refractivity contribution in [3.63, 3.8) is 0 Å². The van der Waals surface area contributed by atoms with Gasteiger partial charge in [-0.3, -0.25) is 0 Å². The number of aryl methyl sites for hydroxylation is 2. The van der Waals surface area contributed by atoms with Crippen LogP contribution in [0.2, 0.25) is 5.02 Å². The lowest BCUT2D eigenvalue weighted by Crippen LogP contribution is -2.17. The Morgan fingerprint density at radius 1 is 0.950 bits per heavy atom. The van der Waals surface area contributed by atoms with Crippen LogP contribution >= 0.6 is 11.6 Å². The Bertz CT molecular complexity index is 647. The molecule has 2 aromatic carbocycles. The van der Waals surface area contributed by atoms with Gasteiger partial charge in [-0.2, -0.15) is 0 Å². The summed E-state index contributed by atoms with van der Waals surface area (Å²) in [6, 6.07) is 3.60. The second-order valence-corrected chi connectivity index (χ2v) is 5.13. The zero-order chi connectivity index (χ0) is 15.0. The van der Waals surface area contributed by atoms with Crippen LogP contribution in [0.1, 0.15) is 28.3 Å². The average molecular weight is 300 g/mol. The molecule has 0 fully saturated rings. The maximum Gasteiger partial charge on any atom is 0.142 e. The fourth-order valence-electron chi connectivity index (χ4n) is 2.34. The van der Waals surface area contributed by atoms with Crippen molar-refractivity contribution in [2.75, 3.05) is 0 Å². The fourth-order valence-corrected chi connectivity index (χ4v) is 2.49. The molecular formula is C15H13ClF3N. The average Bonchev–Trinajstić information content (AvgIpc) is 2.32. The van der Waals surface area contributed by atoms with Crippen LogP contribution in [0.4, 0.5) is 13.2 Å². The Labute approximate surface area is 120 Å². The van der Waals surface area contributed by atoms with E-state index in [0.717, 1.165) is 12.1 Å². The zero-order valence-electron chi connectivity index (χ0n) is 11.0. The van der Waals surface area contributed by atoms with Crippen molar-refractivity contribution in [2.24, 2.45) is 5.73 Å². The van der Waals surface area contributed by atoms with Gasteiger partial charge in [-0.1, -0.05) is 11.6 Å². The van der Waals surface area contributed by atoms with E-state index in [4.69, 9.17) is 17.3 Å². The molecule has 0 saturated carbocycles. The summed E-state index contributed by atoms with van der Waals surface area (Å²) in [5, 5.41) is -0.300. The van der Waals surface area contributed by atoms with E-state index < -0.39 is 23.5 Å². The third kappa shape index (κ3) is 2.67. The van der Waals surface area contributed by atoms with E-state index in [9.17, 15) is 13.2 Å². The zero-order valence-corrected chi connectivity index (χ0v) is 11.7. The van der Waals surface area contributed by atoms with Crippen molar-refractivity contribution >= 4 is 11.6 Å². The maximum absolute atomic E-state index is 13.9. The molecule has 0 aromatic heterocycles. The molecule has 0 aliphatic carbocycles. The lowest BCUT2D eigenvalue weighted by Gasteiger charge is -2.19. The van der Waals surface area contributed by atoms with E-state index in [-0.39, 0.29) is 10.6 Å². The van der Waals surface area contributed by atoms with Gasteiger partial charge >= 0.3 is 0 Å². The van der Waals surface area contributed by atoms with Gasteiger partial charge in [0.05, 0.1) is 11.1 Å². The normalized spacial score (nSPS) is 12.6. The highest BCUT2D eigenvalue weighted by Crippen LogP contribution is 2.30. The maximum atomic E-state index is 13.9. The van der Waals surface area contributed by atoms with Crippen LogP contribution in [0.5, 0.6) is 0 Å². The SMILES string of the molecule is Cc1cc(F)cc(C)c1C(N)c1cc(F)c(Cl)cc1F. The third-order valence-corrected chi connectivity index (χ3v) is 3.53. The Morgan fingerprint density at radius 3 is 2.05 bits per heavy atom. The largest absolute Gasteiger partial charge is 0.320 e. The molecule has 0 radical (unpaired) electrons. The van der Waals surface area contributed by atoms with Gasteiger partial charge in [-0.05, 0) is 54.8 Å². The van der Waals surface area contributed by atoms with Crippen LogP contribution in [0.25, 0.3) is 0 Å². The van der Waals surface area contributed by atoms with E-state index in [1.165, 1.54) is 12.1 Å². The molecule has 20 heavy (non-hydrogen) atoms. The van der Waals surface area contributed by atoms with Gasteiger partial charge < -0.3 is 5.73 Å². The summed E-state index contributed by atoms with van der Waals surface area (Å²) in [4.78, 5) is 0. The molecule has 1 nitrogen and oxygen atoms in total. The molecule has 2 N–H and O–H groups in total. The Kier molecular flexibility index (Phi) is 4.06. The van der Waals surface area contributed by atoms with Gasteiger partial charge in [0.1, 0.15) is 17.5 Å². The van der Waals surface area contributed by atoms with Crippen LogP contribution in [0.15, 0.2) is 24.3 Å². The summed E-state index contributed by atoms with van der Waals surface area (Å²) < 4.78 is 40.7. The molecule has 1 atom stereocenters. The smallest absolute Gasteiger partial charge is 0.142 e. The summed E-state index contributed by atoms with van der Waals surface area (Å²) in [6.45, 7) is 3.35. The summed E-state index contributed by atoms with van der Waals surface area (Å²) in [5.74, 6) is -1.82. The van der Waals surface area contributed by atoms with Crippen LogP contribution in [0, 0.1) is 31.3 Å². The van der Waals surface area contributed by atoms with Gasteiger partial charge in [0.15, 0.2) is 0 Å². The number of hydrogen-bond donors (Lipinski definition) is 1. The minimum atomic E-state index is -0.887. The number of benzene rings is 2. The van der Waals surface area contributed by atoms with E-state index in [0.29, 0.717) is 16.7 Å². The van der Waals surface area contributed by atoms with Crippen molar-refractivity contribution in [2.45, 2.75) is 19.9 Å². The second-order valence-electron chi connectivity index (χ2n) is 4.72. The van der Waals surface area contributed by atoms with Crippen molar-refractivity contribution in [3.05, 3.63) is 69.0 Å². The number of rotatable bonds is 2. The molecule has 2 aromatic rings. The standard InChI is InChI=1S/C15H13ClF3N/c1-7-3-9(17)4-8(2)14(7)15(20)10-5-13(19)11(16)6-12(10)18/h3-6,15H,20H2,1-2H3. The quantitative estimate of drug-likeness (QED) is 0.816. The van der Waals surface area contributed by atoms with Crippen LogP contribution in [-0.4, -0.2) is 0 Å². The molecule has 2 rings (SSSR count). The lowest BCUT2D eigenvalue weighted by molar-refractivity contribution is 0.575. The topological polar surface area (TPSA) is 26.0 Å². The third-order valence-electron chi connectivity index (χ3n) is 3.24. The van der Waals surface area contributed by atoms with Crippen molar-refractivity contribution in [3.8, 4) is 0 Å². The molecule has 106 valence electrons. The molecule has 0 spiro atoms. The van der Waals surface area contributed by atoms with Gasteiger partial charge in [-0.25, -0.2) is 13.2 Å². The summed E-state index contributed by atoms with van der Waals surface area (Å²) in [7, 11) is 0. The monoisotopic (exact) mass is 299 g/mol. The Hall–Kier alpha value is -1.52. The van der Waals surface area contributed by atoms with E-state index in [1.807, 2.05) is 0 Å². The summed E-state index contributed by atoms with van der Waals surface area (Å²) >= 11 is 5.51. The van der Waals surface area contributed by atoms with Crippen LogP contribution in [0.3, 0.4) is 0 Å². The molecule has 0 aliphatic rings. The summed E-state index contributed by atoms with van der Waals surface area (Å²) in [6.07, 6.45) is 0. The van der Waals surface area contributed by atoms with Gasteiger partial charge in [-0.15, -0.1) is 0 Å². The molecule has 0 saturated heterocycles. The van der Waals surface area contributed by atoms with Gasteiger partial charge in [0, 0.05) is 5.56 Å². The van der Waals surface area contributed by atoms with E-state index in [2.05, 4.69) is 0 Å². The minimum absolute atomic E-state index is 0.00953. The first kappa shape index (κ1) is 14.9. The molecule has 1 unspecified atom stereocenters. The first-order valence-electron chi connectivity index (χ1n) is 5.98. The van der Waals surface area contributed by atoms with Crippen LogP contribution < -0.4 is 5.73 Å². The second kappa shape index (κ2) is 5.46. The van der Waals surface area contributed by atoms with Crippen molar-refractivity contribution in [1.29, 1.82) is 0 Å². The number of hydrogen-bond acceptors (Lipinski definition) is 1. The fraction of sp³-hybridized carbons (Fsp3) is 0.200. The highest BCUT2D eigenvalue weighted by Gasteiger charge is 2.20. The number of nitrogens with two attached hydrogens (primary N) is 1. The van der Waals surface area contributed by atoms with Crippen molar-refractivity contribution in [1.82, 2.24) is 0 Å². The molecule has 5 heteroatoms. The van der Waals surface area contributed by atoms with E-state index >= 15 is 0 Å². The first-order chi connectivity index (χ1) is 9.31. The number of halogens is 4. The predicted octanol–water partition coefficient (Wildman–Crippen LogP) is 4.42. The highest BCUT2D eigenvalue weighted by molar-refractivity contribution is 6.30. The van der Waals surface area contributed by atoms with Crippen LogP contribution in [-0.2, 0) is 0 Å². The van der Waals surface area contributed by atoms with Gasteiger partial charge in [0.25, 0.3) is 0 Å². The van der Waals surface area contributed by atoms with E-state index in [1.54, 1.807) is 13.8 Å². The Morgan fingerprint density at radius 2 is 1.50 bits per heavy atom. The molecule has 0 amide bonds. The summed E-state index contributed by atoms with van der Waals surface area (Å²) in [5.41, 5.74) is 7.76. The molecular weight excluding hydrogens is 287 g/mol. The highest BCUT2D eigenvalue weighted by atomic mass is 35.5. The molecule has 0 aliphatic heterocycles. The first-order valence-corrected chi connectivity index (χ1v) is 6.35. The molecule has 0 heterocycles.